The zero-order chi connectivity index (χ0) is 19.7. The Kier molecular flexibility index (Phi) is 5.32. The van der Waals surface area contributed by atoms with Crippen molar-refractivity contribution in [2.24, 2.45) is 7.05 Å². The molecule has 1 atom stereocenters. The lowest BCUT2D eigenvalue weighted by Gasteiger charge is -2.39. The van der Waals surface area contributed by atoms with Crippen LogP contribution in [0.2, 0.25) is 0 Å². The van der Waals surface area contributed by atoms with E-state index in [1.807, 2.05) is 14.0 Å². The molecular formula is C20H25N5O2S. The average Bonchev–Trinajstić information content (AvgIpc) is 3.37. The van der Waals surface area contributed by atoms with E-state index in [0.717, 1.165) is 42.9 Å². The molecule has 0 aromatic carbocycles. The third-order valence-corrected chi connectivity index (χ3v) is 6.13. The number of ether oxygens (including phenoxy) is 1. The highest BCUT2D eigenvalue weighted by Crippen LogP contribution is 2.32. The van der Waals surface area contributed by atoms with E-state index in [0.29, 0.717) is 18.2 Å². The molecule has 0 amide bonds. The van der Waals surface area contributed by atoms with Gasteiger partial charge in [0, 0.05) is 45.5 Å². The highest BCUT2D eigenvalue weighted by Gasteiger charge is 2.28. The Labute approximate surface area is 168 Å². The smallest absolute Gasteiger partial charge is 0.341 e. The fourth-order valence-corrected chi connectivity index (χ4v) is 4.59. The topological polar surface area (TPSA) is 63.5 Å². The van der Waals surface area contributed by atoms with E-state index in [4.69, 9.17) is 4.74 Å². The van der Waals surface area contributed by atoms with Gasteiger partial charge in [0.15, 0.2) is 5.65 Å². The number of carbonyl (C=O) groups is 1. The number of rotatable bonds is 5. The number of anilines is 1. The van der Waals surface area contributed by atoms with E-state index in [9.17, 15) is 4.79 Å². The second-order valence-electron chi connectivity index (χ2n) is 7.00. The number of aromatic nitrogens is 3. The number of hydrogen-bond donors (Lipinski definition) is 0. The molecule has 1 aliphatic heterocycles. The molecule has 28 heavy (non-hydrogen) atoms. The molecule has 148 valence electrons. The quantitative estimate of drug-likeness (QED) is 0.615. The van der Waals surface area contributed by atoms with Crippen LogP contribution in [0.15, 0.2) is 29.2 Å². The highest BCUT2D eigenvalue weighted by molar-refractivity contribution is 7.07. The minimum absolute atomic E-state index is 0.329. The summed E-state index contributed by atoms with van der Waals surface area (Å²) in [5, 5.41) is 9.59. The molecule has 4 heterocycles. The van der Waals surface area contributed by atoms with Gasteiger partial charge >= 0.3 is 5.97 Å². The molecule has 0 saturated carbocycles. The van der Waals surface area contributed by atoms with Crippen molar-refractivity contribution >= 4 is 34.0 Å². The molecule has 8 heteroatoms. The van der Waals surface area contributed by atoms with Gasteiger partial charge in [-0.15, -0.1) is 0 Å². The predicted octanol–water partition coefficient (Wildman–Crippen LogP) is 3.09. The van der Waals surface area contributed by atoms with Gasteiger partial charge in [0.05, 0.1) is 23.9 Å². The molecule has 1 unspecified atom stereocenters. The molecule has 3 aromatic rings. The molecule has 0 spiro atoms. The van der Waals surface area contributed by atoms with Crippen molar-refractivity contribution < 1.29 is 9.53 Å². The summed E-state index contributed by atoms with van der Waals surface area (Å²) in [4.78, 5) is 21.8. The molecule has 7 nitrogen and oxygen atoms in total. The maximum Gasteiger partial charge on any atom is 0.341 e. The van der Waals surface area contributed by atoms with Gasteiger partial charge in [0.2, 0.25) is 0 Å². The minimum atomic E-state index is -0.329. The number of fused-ring (bicyclic) bond motifs is 1. The number of pyridine rings is 1. The fraction of sp³-hybridized carbons (Fsp3) is 0.450. The van der Waals surface area contributed by atoms with Crippen LogP contribution >= 0.6 is 11.3 Å². The van der Waals surface area contributed by atoms with Crippen LogP contribution in [0.4, 0.5) is 5.69 Å². The van der Waals surface area contributed by atoms with E-state index in [-0.39, 0.29) is 5.97 Å². The number of aryl methyl sites for hydroxylation is 1. The van der Waals surface area contributed by atoms with Gasteiger partial charge in [0.25, 0.3) is 0 Å². The minimum Gasteiger partial charge on any atom is -0.462 e. The van der Waals surface area contributed by atoms with E-state index in [1.165, 1.54) is 5.56 Å². The first-order valence-corrected chi connectivity index (χ1v) is 10.5. The first-order chi connectivity index (χ1) is 13.6. The van der Waals surface area contributed by atoms with Crippen LogP contribution in [0.5, 0.6) is 0 Å². The standard InChI is InChI=1S/C20H25N5O2S/c1-4-27-20(26)17-11-21-19-16(12-22-23(19)3)18(17)25-8-6-24(7-9-25)14(2)15-5-10-28-13-15/h5,10-14H,4,6-9H2,1-3H3. The van der Waals surface area contributed by atoms with Gasteiger partial charge in [-0.1, -0.05) is 0 Å². The summed E-state index contributed by atoms with van der Waals surface area (Å²) in [6, 6.07) is 2.59. The van der Waals surface area contributed by atoms with Crippen LogP contribution < -0.4 is 4.90 Å². The molecule has 0 aliphatic carbocycles. The van der Waals surface area contributed by atoms with Crippen LogP contribution in [0, 0.1) is 0 Å². The van der Waals surface area contributed by atoms with E-state index >= 15 is 0 Å². The Hall–Kier alpha value is -2.45. The summed E-state index contributed by atoms with van der Waals surface area (Å²) in [5.41, 5.74) is 3.54. The Morgan fingerprint density at radius 3 is 2.75 bits per heavy atom. The molecule has 1 fully saturated rings. The first kappa shape index (κ1) is 18.9. The summed E-state index contributed by atoms with van der Waals surface area (Å²) in [7, 11) is 1.86. The predicted molar refractivity (Wildman–Crippen MR) is 111 cm³/mol. The summed E-state index contributed by atoms with van der Waals surface area (Å²) >= 11 is 1.74. The number of nitrogens with zero attached hydrogens (tertiary/aromatic N) is 5. The fourth-order valence-electron chi connectivity index (χ4n) is 3.84. The SMILES string of the molecule is CCOC(=O)c1cnc2c(cnn2C)c1N1CCN(C(C)c2ccsc2)CC1. The molecule has 1 saturated heterocycles. The molecular weight excluding hydrogens is 374 g/mol. The highest BCUT2D eigenvalue weighted by atomic mass is 32.1. The van der Waals surface area contributed by atoms with Gasteiger partial charge in [-0.3, -0.25) is 9.58 Å². The van der Waals surface area contributed by atoms with Gasteiger partial charge in [-0.2, -0.15) is 16.4 Å². The van der Waals surface area contributed by atoms with Crippen molar-refractivity contribution in [3.63, 3.8) is 0 Å². The van der Waals surface area contributed by atoms with Crippen LogP contribution in [-0.2, 0) is 11.8 Å². The Morgan fingerprint density at radius 2 is 2.07 bits per heavy atom. The summed E-state index contributed by atoms with van der Waals surface area (Å²) in [6.07, 6.45) is 3.42. The number of esters is 1. The monoisotopic (exact) mass is 399 g/mol. The zero-order valence-electron chi connectivity index (χ0n) is 16.5. The lowest BCUT2D eigenvalue weighted by atomic mass is 10.1. The Balaban J connectivity index is 1.62. The molecule has 0 bridgehead atoms. The van der Waals surface area contributed by atoms with Crippen LogP contribution in [0.1, 0.15) is 35.8 Å². The van der Waals surface area contributed by atoms with Crippen molar-refractivity contribution in [3.8, 4) is 0 Å². The maximum absolute atomic E-state index is 12.6. The average molecular weight is 400 g/mol. The second-order valence-corrected chi connectivity index (χ2v) is 7.78. The summed E-state index contributed by atoms with van der Waals surface area (Å²) in [5.74, 6) is -0.329. The first-order valence-electron chi connectivity index (χ1n) is 9.59. The lowest BCUT2D eigenvalue weighted by molar-refractivity contribution is 0.0526. The van der Waals surface area contributed by atoms with Crippen molar-refractivity contribution in [1.82, 2.24) is 19.7 Å². The van der Waals surface area contributed by atoms with Crippen molar-refractivity contribution in [2.45, 2.75) is 19.9 Å². The van der Waals surface area contributed by atoms with Crippen molar-refractivity contribution in [1.29, 1.82) is 0 Å². The molecule has 0 radical (unpaired) electrons. The number of piperazine rings is 1. The van der Waals surface area contributed by atoms with Crippen LogP contribution in [-0.4, -0.2) is 58.4 Å². The normalized spacial score (nSPS) is 16.5. The summed E-state index contributed by atoms with van der Waals surface area (Å²) in [6.45, 7) is 7.97. The third-order valence-electron chi connectivity index (χ3n) is 5.43. The van der Waals surface area contributed by atoms with Crippen LogP contribution in [0.25, 0.3) is 11.0 Å². The molecule has 3 aromatic heterocycles. The van der Waals surface area contributed by atoms with E-state index < -0.39 is 0 Å². The number of carbonyl (C=O) groups excluding carboxylic acids is 1. The zero-order valence-corrected chi connectivity index (χ0v) is 17.3. The summed E-state index contributed by atoms with van der Waals surface area (Å²) < 4.78 is 7.02. The lowest BCUT2D eigenvalue weighted by Crippen LogP contribution is -2.47. The van der Waals surface area contributed by atoms with Gasteiger partial charge < -0.3 is 9.64 Å². The third kappa shape index (κ3) is 3.38. The Bertz CT molecular complexity index is 961. The number of thiophene rings is 1. The molecule has 0 N–H and O–H groups in total. The molecule has 4 rings (SSSR count). The largest absolute Gasteiger partial charge is 0.462 e. The van der Waals surface area contributed by atoms with Gasteiger partial charge in [-0.05, 0) is 36.2 Å². The van der Waals surface area contributed by atoms with Crippen molar-refractivity contribution in [3.05, 3.63) is 40.3 Å². The van der Waals surface area contributed by atoms with Crippen LogP contribution in [0.3, 0.4) is 0 Å². The van der Waals surface area contributed by atoms with E-state index in [1.54, 1.807) is 28.4 Å². The van der Waals surface area contributed by atoms with Crippen molar-refractivity contribution in [2.75, 3.05) is 37.7 Å². The molecule has 1 aliphatic rings. The van der Waals surface area contributed by atoms with Gasteiger partial charge in [0.1, 0.15) is 5.56 Å². The van der Waals surface area contributed by atoms with Gasteiger partial charge in [-0.25, -0.2) is 9.78 Å². The van der Waals surface area contributed by atoms with E-state index in [2.05, 4.69) is 43.6 Å². The second kappa shape index (κ2) is 7.89. The Morgan fingerprint density at radius 1 is 1.29 bits per heavy atom. The number of hydrogen-bond acceptors (Lipinski definition) is 7. The maximum atomic E-state index is 12.6.